The SMILES string of the molecule is O=C(NCC1(c2ccc(F)cc2)CCOCC1)C1(c2ccc(F)cc2)CC1. The molecule has 1 saturated carbocycles. The summed E-state index contributed by atoms with van der Waals surface area (Å²) in [5.74, 6) is -0.576. The van der Waals surface area contributed by atoms with Gasteiger partial charge in [0.05, 0.1) is 5.41 Å². The third-order valence-corrected chi connectivity index (χ3v) is 6.08. The maximum atomic E-state index is 13.4. The number of hydrogen-bond donors (Lipinski definition) is 1. The molecule has 0 aromatic heterocycles. The predicted octanol–water partition coefficient (Wildman–Crippen LogP) is 3.86. The van der Waals surface area contributed by atoms with E-state index < -0.39 is 5.41 Å². The zero-order valence-corrected chi connectivity index (χ0v) is 15.1. The molecule has 2 aromatic carbocycles. The molecule has 1 aliphatic heterocycles. The van der Waals surface area contributed by atoms with E-state index in [1.54, 1.807) is 24.3 Å². The number of ether oxygens (including phenoxy) is 1. The van der Waals surface area contributed by atoms with Gasteiger partial charge in [0, 0.05) is 25.2 Å². The van der Waals surface area contributed by atoms with E-state index in [1.165, 1.54) is 24.3 Å². The maximum Gasteiger partial charge on any atom is 0.230 e. The molecule has 1 saturated heterocycles. The fourth-order valence-electron chi connectivity index (χ4n) is 4.09. The Labute approximate surface area is 157 Å². The van der Waals surface area contributed by atoms with Crippen LogP contribution in [0.2, 0.25) is 0 Å². The number of amides is 1. The third kappa shape index (κ3) is 3.48. The van der Waals surface area contributed by atoms with Crippen LogP contribution in [0.1, 0.15) is 36.8 Å². The second-order valence-corrected chi connectivity index (χ2v) is 7.67. The molecule has 1 N–H and O–H groups in total. The summed E-state index contributed by atoms with van der Waals surface area (Å²) in [5, 5.41) is 3.14. The van der Waals surface area contributed by atoms with Gasteiger partial charge in [0.2, 0.25) is 5.91 Å². The van der Waals surface area contributed by atoms with Crippen molar-refractivity contribution in [1.82, 2.24) is 5.32 Å². The minimum Gasteiger partial charge on any atom is -0.381 e. The monoisotopic (exact) mass is 371 g/mol. The summed E-state index contributed by atoms with van der Waals surface area (Å²) < 4.78 is 32.1. The van der Waals surface area contributed by atoms with Gasteiger partial charge >= 0.3 is 0 Å². The summed E-state index contributed by atoms with van der Waals surface area (Å²) in [7, 11) is 0. The Bertz CT molecular complexity index is 807. The van der Waals surface area contributed by atoms with Crippen LogP contribution in [0.5, 0.6) is 0 Å². The van der Waals surface area contributed by atoms with Crippen molar-refractivity contribution in [3.8, 4) is 0 Å². The van der Waals surface area contributed by atoms with Crippen LogP contribution in [0.3, 0.4) is 0 Å². The van der Waals surface area contributed by atoms with Crippen molar-refractivity contribution in [2.75, 3.05) is 19.8 Å². The molecule has 2 aromatic rings. The normalized spacial score (nSPS) is 20.1. The lowest BCUT2D eigenvalue weighted by Crippen LogP contribution is -2.47. The van der Waals surface area contributed by atoms with E-state index >= 15 is 0 Å². The van der Waals surface area contributed by atoms with Gasteiger partial charge in [-0.25, -0.2) is 8.78 Å². The van der Waals surface area contributed by atoms with Gasteiger partial charge in [-0.05, 0) is 61.1 Å². The second kappa shape index (κ2) is 7.04. The molecule has 1 amide bonds. The Kier molecular flexibility index (Phi) is 4.72. The number of carbonyl (C=O) groups excluding carboxylic acids is 1. The molecule has 0 unspecified atom stereocenters. The van der Waals surface area contributed by atoms with Crippen LogP contribution >= 0.6 is 0 Å². The molecule has 0 atom stereocenters. The molecule has 0 radical (unpaired) electrons. The highest BCUT2D eigenvalue weighted by molar-refractivity contribution is 5.91. The zero-order valence-electron chi connectivity index (χ0n) is 15.1. The molecule has 27 heavy (non-hydrogen) atoms. The molecule has 2 fully saturated rings. The van der Waals surface area contributed by atoms with E-state index in [2.05, 4.69) is 5.32 Å². The highest BCUT2D eigenvalue weighted by atomic mass is 19.1. The molecule has 3 nitrogen and oxygen atoms in total. The quantitative estimate of drug-likeness (QED) is 0.867. The molecule has 4 rings (SSSR count). The largest absolute Gasteiger partial charge is 0.381 e. The number of hydrogen-bond acceptors (Lipinski definition) is 2. The van der Waals surface area contributed by atoms with Crippen LogP contribution in [-0.4, -0.2) is 25.7 Å². The first-order valence-corrected chi connectivity index (χ1v) is 9.42. The van der Waals surface area contributed by atoms with Gasteiger partial charge in [0.25, 0.3) is 0 Å². The van der Waals surface area contributed by atoms with E-state index in [0.29, 0.717) is 19.8 Å². The summed E-state index contributed by atoms with van der Waals surface area (Å²) in [6, 6.07) is 12.8. The lowest BCUT2D eigenvalue weighted by atomic mass is 9.74. The molecule has 5 heteroatoms. The minimum absolute atomic E-state index is 0.0120. The van der Waals surface area contributed by atoms with Crippen LogP contribution in [-0.2, 0) is 20.4 Å². The van der Waals surface area contributed by atoms with Crippen LogP contribution in [0, 0.1) is 11.6 Å². The fourth-order valence-corrected chi connectivity index (χ4v) is 4.09. The van der Waals surface area contributed by atoms with Gasteiger partial charge in [-0.3, -0.25) is 4.79 Å². The molecule has 0 bridgehead atoms. The van der Waals surface area contributed by atoms with Crippen LogP contribution in [0.15, 0.2) is 48.5 Å². The first kappa shape index (κ1) is 18.1. The zero-order chi connectivity index (χ0) is 18.9. The number of benzene rings is 2. The van der Waals surface area contributed by atoms with E-state index in [4.69, 9.17) is 4.74 Å². The number of nitrogens with one attached hydrogen (secondary N) is 1. The lowest BCUT2D eigenvalue weighted by molar-refractivity contribution is -0.124. The van der Waals surface area contributed by atoms with Gasteiger partial charge in [-0.2, -0.15) is 0 Å². The Balaban J connectivity index is 1.52. The lowest BCUT2D eigenvalue weighted by Gasteiger charge is -2.38. The van der Waals surface area contributed by atoms with Gasteiger partial charge in [0.1, 0.15) is 11.6 Å². The molecular formula is C22H23F2NO2. The Morgan fingerprint density at radius 3 is 1.89 bits per heavy atom. The van der Waals surface area contributed by atoms with Crippen molar-refractivity contribution in [3.05, 3.63) is 71.3 Å². The van der Waals surface area contributed by atoms with Crippen molar-refractivity contribution >= 4 is 5.91 Å². The maximum absolute atomic E-state index is 13.4. The third-order valence-electron chi connectivity index (χ3n) is 6.08. The average molecular weight is 371 g/mol. The first-order valence-electron chi connectivity index (χ1n) is 9.42. The van der Waals surface area contributed by atoms with Crippen LogP contribution in [0.25, 0.3) is 0 Å². The van der Waals surface area contributed by atoms with Crippen molar-refractivity contribution in [2.45, 2.75) is 36.5 Å². The van der Waals surface area contributed by atoms with E-state index in [-0.39, 0.29) is 23.0 Å². The molecule has 1 aliphatic carbocycles. The highest BCUT2D eigenvalue weighted by Gasteiger charge is 2.51. The Hall–Kier alpha value is -2.27. The second-order valence-electron chi connectivity index (χ2n) is 7.67. The molecular weight excluding hydrogens is 348 g/mol. The fraction of sp³-hybridized carbons (Fsp3) is 0.409. The molecule has 2 aliphatic rings. The van der Waals surface area contributed by atoms with Crippen LogP contribution in [0.4, 0.5) is 8.78 Å². The number of halogens is 2. The minimum atomic E-state index is -0.539. The predicted molar refractivity (Wildman–Crippen MR) is 98.5 cm³/mol. The van der Waals surface area contributed by atoms with E-state index in [0.717, 1.165) is 36.8 Å². The highest BCUT2D eigenvalue weighted by Crippen LogP contribution is 2.48. The molecule has 142 valence electrons. The topological polar surface area (TPSA) is 38.3 Å². The Morgan fingerprint density at radius 1 is 0.852 bits per heavy atom. The first-order chi connectivity index (χ1) is 13.0. The summed E-state index contributed by atoms with van der Waals surface area (Å²) in [4.78, 5) is 13.0. The van der Waals surface area contributed by atoms with Crippen molar-refractivity contribution in [1.29, 1.82) is 0 Å². The Morgan fingerprint density at radius 2 is 1.37 bits per heavy atom. The summed E-state index contributed by atoms with van der Waals surface area (Å²) >= 11 is 0. The number of rotatable bonds is 5. The van der Waals surface area contributed by atoms with Gasteiger partial charge in [-0.1, -0.05) is 24.3 Å². The van der Waals surface area contributed by atoms with Gasteiger partial charge < -0.3 is 10.1 Å². The molecule has 1 heterocycles. The van der Waals surface area contributed by atoms with Crippen molar-refractivity contribution in [2.24, 2.45) is 0 Å². The van der Waals surface area contributed by atoms with Crippen molar-refractivity contribution < 1.29 is 18.3 Å². The van der Waals surface area contributed by atoms with Crippen molar-refractivity contribution in [3.63, 3.8) is 0 Å². The summed E-state index contributed by atoms with van der Waals surface area (Å²) in [5.41, 5.74) is 1.10. The molecule has 0 spiro atoms. The average Bonchev–Trinajstić information content (AvgIpc) is 3.50. The van der Waals surface area contributed by atoms with Gasteiger partial charge in [-0.15, -0.1) is 0 Å². The standard InChI is InChI=1S/C22H23F2NO2/c23-18-5-1-16(2-6-18)21(11-13-27-14-12-21)15-25-20(26)22(9-10-22)17-3-7-19(24)8-4-17/h1-8H,9-15H2,(H,25,26). The van der Waals surface area contributed by atoms with Crippen LogP contribution < -0.4 is 5.32 Å². The van der Waals surface area contributed by atoms with E-state index in [1.807, 2.05) is 0 Å². The summed E-state index contributed by atoms with van der Waals surface area (Å²) in [6.45, 7) is 1.73. The number of carbonyl (C=O) groups is 1. The smallest absolute Gasteiger partial charge is 0.230 e. The van der Waals surface area contributed by atoms with Gasteiger partial charge in [0.15, 0.2) is 0 Å². The summed E-state index contributed by atoms with van der Waals surface area (Å²) in [6.07, 6.45) is 3.11. The van der Waals surface area contributed by atoms with E-state index in [9.17, 15) is 13.6 Å².